The zero-order valence-electron chi connectivity index (χ0n) is 10.6. The first kappa shape index (κ1) is 11.3. The minimum absolute atomic E-state index is 0.263. The Morgan fingerprint density at radius 2 is 1.89 bits per heavy atom. The molecule has 0 spiro atoms. The molecule has 0 amide bonds. The van der Waals surface area contributed by atoms with Gasteiger partial charge in [0.05, 0.1) is 12.8 Å². The van der Waals surface area contributed by atoms with E-state index in [2.05, 4.69) is 4.90 Å². The van der Waals surface area contributed by atoms with Gasteiger partial charge in [-0.2, -0.15) is 0 Å². The number of hydrogen-bond acceptors (Lipinski definition) is 3. The summed E-state index contributed by atoms with van der Waals surface area (Å²) in [6.07, 6.45) is 4.06. The van der Waals surface area contributed by atoms with Crippen LogP contribution in [0.2, 0.25) is 0 Å². The summed E-state index contributed by atoms with van der Waals surface area (Å²) in [5.41, 5.74) is 1.95. The monoisotopic (exact) mass is 243 g/mol. The molecular formula is C15H17NO2. The van der Waals surface area contributed by atoms with Crippen molar-refractivity contribution in [3.8, 4) is 5.75 Å². The molecule has 0 radical (unpaired) electrons. The van der Waals surface area contributed by atoms with E-state index >= 15 is 0 Å². The Hall–Kier alpha value is -1.77. The Labute approximate surface area is 107 Å². The van der Waals surface area contributed by atoms with E-state index in [0.717, 1.165) is 42.9 Å². The van der Waals surface area contributed by atoms with Gasteiger partial charge in [0.1, 0.15) is 5.75 Å². The van der Waals surface area contributed by atoms with Gasteiger partial charge in [-0.05, 0) is 36.6 Å². The number of rotatable bonds is 2. The molecule has 4 rings (SSSR count). The fraction of sp³-hybridized carbons (Fsp3) is 0.400. The molecule has 3 heteroatoms. The molecular weight excluding hydrogens is 226 g/mol. The number of methoxy groups -OCH3 is 1. The number of piperidine rings is 3. The van der Waals surface area contributed by atoms with Gasteiger partial charge in [0.25, 0.3) is 0 Å². The fourth-order valence-corrected chi connectivity index (χ4v) is 2.77. The van der Waals surface area contributed by atoms with Gasteiger partial charge in [0, 0.05) is 19.0 Å². The van der Waals surface area contributed by atoms with Crippen LogP contribution in [0.1, 0.15) is 18.4 Å². The average Bonchev–Trinajstić information content (AvgIpc) is 2.44. The van der Waals surface area contributed by atoms with Gasteiger partial charge in [-0.3, -0.25) is 4.79 Å². The molecule has 3 nitrogen and oxygen atoms in total. The smallest absolute Gasteiger partial charge is 0.182 e. The highest BCUT2D eigenvalue weighted by molar-refractivity contribution is 6.01. The fourth-order valence-electron chi connectivity index (χ4n) is 2.77. The Bertz CT molecular complexity index is 482. The van der Waals surface area contributed by atoms with E-state index < -0.39 is 0 Å². The second-order valence-electron chi connectivity index (χ2n) is 4.93. The van der Waals surface area contributed by atoms with E-state index in [-0.39, 0.29) is 5.92 Å². The third kappa shape index (κ3) is 1.90. The molecule has 0 atom stereocenters. The highest BCUT2D eigenvalue weighted by atomic mass is 16.5. The summed E-state index contributed by atoms with van der Waals surface area (Å²) in [5, 5.41) is 0. The zero-order chi connectivity index (χ0) is 12.5. The molecule has 1 aromatic carbocycles. The predicted octanol–water partition coefficient (Wildman–Crippen LogP) is 2.33. The van der Waals surface area contributed by atoms with Gasteiger partial charge in [-0.1, -0.05) is 12.1 Å². The summed E-state index contributed by atoms with van der Waals surface area (Å²) in [6, 6.07) is 7.82. The molecule has 0 N–H and O–H groups in total. The molecule has 3 aliphatic rings. The lowest BCUT2D eigenvalue weighted by atomic mass is 9.84. The topological polar surface area (TPSA) is 29.5 Å². The summed E-state index contributed by atoms with van der Waals surface area (Å²) in [5.74, 6) is 1.43. The molecule has 18 heavy (non-hydrogen) atoms. The van der Waals surface area contributed by atoms with Crippen LogP contribution in [0, 0.1) is 5.92 Å². The lowest BCUT2D eigenvalue weighted by Gasteiger charge is -2.41. The summed E-state index contributed by atoms with van der Waals surface area (Å²) in [4.78, 5) is 14.4. The summed E-state index contributed by atoms with van der Waals surface area (Å²) in [7, 11) is 1.66. The number of fused-ring (bicyclic) bond motifs is 3. The van der Waals surface area contributed by atoms with Crippen LogP contribution in [0.5, 0.6) is 5.75 Å². The Kier molecular flexibility index (Phi) is 2.82. The number of hydrogen-bond donors (Lipinski definition) is 0. The molecule has 0 saturated carbocycles. The van der Waals surface area contributed by atoms with Gasteiger partial charge in [0.2, 0.25) is 0 Å². The van der Waals surface area contributed by atoms with Crippen molar-refractivity contribution in [2.45, 2.75) is 12.8 Å². The third-order valence-electron chi connectivity index (χ3n) is 3.88. The lowest BCUT2D eigenvalue weighted by molar-refractivity contribution is -0.125. The average molecular weight is 243 g/mol. The van der Waals surface area contributed by atoms with Crippen molar-refractivity contribution in [2.75, 3.05) is 20.2 Å². The summed E-state index contributed by atoms with van der Waals surface area (Å²) < 4.78 is 5.13. The molecule has 0 unspecified atom stereocenters. The van der Waals surface area contributed by atoms with E-state index in [9.17, 15) is 4.79 Å². The first-order valence-corrected chi connectivity index (χ1v) is 6.43. The Morgan fingerprint density at radius 1 is 1.22 bits per heavy atom. The number of ether oxygens (including phenoxy) is 1. The minimum atomic E-state index is 0.263. The van der Waals surface area contributed by atoms with E-state index in [4.69, 9.17) is 4.74 Å². The largest absolute Gasteiger partial charge is 0.497 e. The van der Waals surface area contributed by atoms with Crippen LogP contribution in [-0.4, -0.2) is 30.9 Å². The maximum atomic E-state index is 12.2. The van der Waals surface area contributed by atoms with Crippen molar-refractivity contribution in [3.05, 3.63) is 35.5 Å². The van der Waals surface area contributed by atoms with Crippen LogP contribution in [0.3, 0.4) is 0 Å². The van der Waals surface area contributed by atoms with Crippen molar-refractivity contribution in [3.63, 3.8) is 0 Å². The van der Waals surface area contributed by atoms with Gasteiger partial charge in [-0.25, -0.2) is 0 Å². The van der Waals surface area contributed by atoms with Gasteiger partial charge < -0.3 is 9.64 Å². The maximum Gasteiger partial charge on any atom is 0.182 e. The third-order valence-corrected chi connectivity index (χ3v) is 3.88. The molecule has 3 fully saturated rings. The second-order valence-corrected chi connectivity index (χ2v) is 4.93. The quantitative estimate of drug-likeness (QED) is 0.747. The van der Waals surface area contributed by atoms with Gasteiger partial charge in [0.15, 0.2) is 5.78 Å². The minimum Gasteiger partial charge on any atom is -0.497 e. The highest BCUT2D eigenvalue weighted by Crippen LogP contribution is 2.32. The lowest BCUT2D eigenvalue weighted by Crippen LogP contribution is -2.45. The Morgan fingerprint density at radius 3 is 2.44 bits per heavy atom. The number of carbonyl (C=O) groups is 1. The number of ketones is 1. The molecule has 0 aromatic heterocycles. The normalized spacial score (nSPS) is 21.7. The maximum absolute atomic E-state index is 12.2. The van der Waals surface area contributed by atoms with E-state index in [1.165, 1.54) is 0 Å². The Balaban J connectivity index is 1.88. The van der Waals surface area contributed by atoms with Crippen molar-refractivity contribution >= 4 is 11.9 Å². The van der Waals surface area contributed by atoms with Gasteiger partial charge in [-0.15, -0.1) is 0 Å². The molecule has 2 bridgehead atoms. The number of benzene rings is 1. The standard InChI is InChI=1S/C15H17NO2/c1-18-13-4-2-11(3-5-13)10-14-15(17)12-6-8-16(14)9-7-12/h2-5,10,12H,6-9H2,1H3/b14-10+. The second kappa shape index (κ2) is 4.48. The van der Waals surface area contributed by atoms with Crippen molar-refractivity contribution in [2.24, 2.45) is 5.92 Å². The molecule has 3 saturated heterocycles. The number of carbonyl (C=O) groups excluding carboxylic acids is 1. The number of nitrogens with zero attached hydrogens (tertiary/aromatic N) is 1. The molecule has 94 valence electrons. The van der Waals surface area contributed by atoms with Crippen LogP contribution < -0.4 is 4.74 Å². The number of Topliss-reactive ketones (excluding diaryl/α,β-unsaturated/α-hetero) is 1. The van der Waals surface area contributed by atoms with E-state index in [1.54, 1.807) is 7.11 Å². The van der Waals surface area contributed by atoms with Crippen molar-refractivity contribution in [1.29, 1.82) is 0 Å². The SMILES string of the molecule is COc1ccc(/C=C2\C(=O)C3CCN2CC3)cc1. The van der Waals surface area contributed by atoms with E-state index in [1.807, 2.05) is 30.3 Å². The molecule has 3 aliphatic heterocycles. The van der Waals surface area contributed by atoms with Crippen LogP contribution >= 0.6 is 0 Å². The first-order valence-electron chi connectivity index (χ1n) is 6.43. The molecule has 0 aliphatic carbocycles. The first-order chi connectivity index (χ1) is 8.78. The summed E-state index contributed by atoms with van der Waals surface area (Å²) in [6.45, 7) is 2.05. The van der Waals surface area contributed by atoms with Crippen molar-refractivity contribution < 1.29 is 9.53 Å². The highest BCUT2D eigenvalue weighted by Gasteiger charge is 2.36. The van der Waals surface area contributed by atoms with Crippen LogP contribution in [0.4, 0.5) is 0 Å². The summed E-state index contributed by atoms with van der Waals surface area (Å²) >= 11 is 0. The van der Waals surface area contributed by atoms with Gasteiger partial charge >= 0.3 is 0 Å². The molecule has 1 aromatic rings. The van der Waals surface area contributed by atoms with Crippen LogP contribution in [0.25, 0.3) is 6.08 Å². The van der Waals surface area contributed by atoms with Crippen LogP contribution in [-0.2, 0) is 4.79 Å². The zero-order valence-corrected chi connectivity index (χ0v) is 10.6. The van der Waals surface area contributed by atoms with Crippen molar-refractivity contribution in [1.82, 2.24) is 4.90 Å². The number of allylic oxidation sites excluding steroid dienone is 1. The predicted molar refractivity (Wildman–Crippen MR) is 70.3 cm³/mol. The van der Waals surface area contributed by atoms with E-state index in [0.29, 0.717) is 5.78 Å². The molecule has 3 heterocycles. The van der Waals surface area contributed by atoms with Crippen LogP contribution in [0.15, 0.2) is 30.0 Å².